The summed E-state index contributed by atoms with van der Waals surface area (Å²) in [5.41, 5.74) is 2.34. The van der Waals surface area contributed by atoms with Gasteiger partial charge in [0.15, 0.2) is 0 Å². The van der Waals surface area contributed by atoms with Crippen molar-refractivity contribution in [3.05, 3.63) is 64.7 Å². The first-order valence-corrected chi connectivity index (χ1v) is 11.9. The number of carbonyl (C=O) groups is 2. The van der Waals surface area contributed by atoms with Crippen LogP contribution < -0.4 is 9.47 Å². The molecule has 8 nitrogen and oxygen atoms in total. The summed E-state index contributed by atoms with van der Waals surface area (Å²) in [6, 6.07) is 11.9. The Bertz CT molecular complexity index is 1150. The fraction of sp³-hybridized carbons (Fsp3) is 0.407. The Morgan fingerprint density at radius 3 is 2.37 bits per heavy atom. The smallest absolute Gasteiger partial charge is 0.295 e. The number of benzene rings is 2. The lowest BCUT2D eigenvalue weighted by atomic mass is 9.93. The van der Waals surface area contributed by atoms with Crippen LogP contribution >= 0.6 is 0 Å². The molecule has 35 heavy (non-hydrogen) atoms. The van der Waals surface area contributed by atoms with Gasteiger partial charge < -0.3 is 24.2 Å². The van der Waals surface area contributed by atoms with Crippen LogP contribution in [0.3, 0.4) is 0 Å². The number of methoxy groups -OCH3 is 2. The van der Waals surface area contributed by atoms with E-state index < -0.39 is 17.7 Å². The third kappa shape index (κ3) is 4.51. The van der Waals surface area contributed by atoms with E-state index in [2.05, 4.69) is 4.90 Å². The fourth-order valence-electron chi connectivity index (χ4n) is 4.90. The number of likely N-dealkylation sites (tertiary alicyclic amines) is 1. The minimum Gasteiger partial charge on any atom is -0.507 e. The second-order valence-corrected chi connectivity index (χ2v) is 9.13. The third-order valence-corrected chi connectivity index (χ3v) is 6.90. The maximum Gasteiger partial charge on any atom is 0.295 e. The minimum atomic E-state index is -0.654. The fourth-order valence-corrected chi connectivity index (χ4v) is 4.90. The van der Waals surface area contributed by atoms with Crippen LogP contribution in [0.1, 0.15) is 35.6 Å². The van der Waals surface area contributed by atoms with Crippen LogP contribution in [0, 0.1) is 0 Å². The molecule has 1 unspecified atom stereocenters. The molecular formula is C27H30N2O6. The number of rotatable bonds is 7. The Hall–Kier alpha value is -3.36. The molecule has 1 amide bonds. The van der Waals surface area contributed by atoms with Crippen molar-refractivity contribution in [2.24, 2.45) is 0 Å². The zero-order valence-corrected chi connectivity index (χ0v) is 20.0. The highest BCUT2D eigenvalue weighted by Gasteiger charge is 2.51. The van der Waals surface area contributed by atoms with Crippen LogP contribution in [-0.4, -0.2) is 73.2 Å². The van der Waals surface area contributed by atoms with Crippen molar-refractivity contribution in [3.8, 4) is 11.5 Å². The standard InChI is InChI=1S/C27H30N2O6/c1-33-21-8-3-17(4-9-21)25(30)23-24(29(20-6-7-20)27(32)26(23)31)18-5-10-22(34-2)19(15-18)16-28-11-13-35-14-12-28/h3-5,8-10,15,20,24,30H,6-7,11-14,16H2,1-2H3. The van der Waals surface area contributed by atoms with Crippen LogP contribution in [-0.2, 0) is 20.9 Å². The van der Waals surface area contributed by atoms with Gasteiger partial charge in [0.25, 0.3) is 11.7 Å². The maximum absolute atomic E-state index is 13.2. The summed E-state index contributed by atoms with van der Waals surface area (Å²) in [7, 11) is 3.20. The number of hydrogen-bond donors (Lipinski definition) is 1. The molecule has 1 aliphatic carbocycles. The molecule has 0 radical (unpaired) electrons. The molecule has 2 heterocycles. The molecule has 184 valence electrons. The van der Waals surface area contributed by atoms with Gasteiger partial charge in [-0.3, -0.25) is 14.5 Å². The summed E-state index contributed by atoms with van der Waals surface area (Å²) in [6.07, 6.45) is 1.70. The largest absolute Gasteiger partial charge is 0.507 e. The van der Waals surface area contributed by atoms with Crippen LogP contribution in [0.2, 0.25) is 0 Å². The summed E-state index contributed by atoms with van der Waals surface area (Å²) < 4.78 is 16.3. The summed E-state index contributed by atoms with van der Waals surface area (Å²) in [4.78, 5) is 30.3. The predicted octanol–water partition coefficient (Wildman–Crippen LogP) is 3.12. The minimum absolute atomic E-state index is 0.00223. The van der Waals surface area contributed by atoms with Crippen LogP contribution in [0.15, 0.2) is 48.0 Å². The molecule has 1 N–H and O–H groups in total. The van der Waals surface area contributed by atoms with E-state index in [-0.39, 0.29) is 17.4 Å². The van der Waals surface area contributed by atoms with E-state index in [1.165, 1.54) is 0 Å². The molecule has 2 aromatic rings. The lowest BCUT2D eigenvalue weighted by Crippen LogP contribution is -2.35. The molecule has 3 fully saturated rings. The number of aliphatic hydroxyl groups excluding tert-OH is 1. The molecular weight excluding hydrogens is 448 g/mol. The van der Waals surface area contributed by atoms with Crippen molar-refractivity contribution in [1.29, 1.82) is 0 Å². The second-order valence-electron chi connectivity index (χ2n) is 9.13. The summed E-state index contributed by atoms with van der Waals surface area (Å²) >= 11 is 0. The number of nitrogens with zero attached hydrogens (tertiary/aromatic N) is 2. The highest BCUT2D eigenvalue weighted by Crippen LogP contribution is 2.46. The first-order valence-electron chi connectivity index (χ1n) is 11.9. The lowest BCUT2D eigenvalue weighted by Gasteiger charge is -2.29. The lowest BCUT2D eigenvalue weighted by molar-refractivity contribution is -0.140. The zero-order chi connectivity index (χ0) is 24.5. The second kappa shape index (κ2) is 9.71. The van der Waals surface area contributed by atoms with E-state index in [0.29, 0.717) is 31.1 Å². The van der Waals surface area contributed by atoms with Crippen molar-refractivity contribution in [2.45, 2.75) is 31.5 Å². The average Bonchev–Trinajstić information content (AvgIpc) is 3.70. The van der Waals surface area contributed by atoms with Gasteiger partial charge in [0.1, 0.15) is 17.3 Å². The Labute approximate surface area is 204 Å². The van der Waals surface area contributed by atoms with Gasteiger partial charge in [-0.05, 0) is 54.8 Å². The molecule has 2 aromatic carbocycles. The van der Waals surface area contributed by atoms with Crippen molar-refractivity contribution in [3.63, 3.8) is 0 Å². The van der Waals surface area contributed by atoms with Gasteiger partial charge >= 0.3 is 0 Å². The van der Waals surface area contributed by atoms with Gasteiger partial charge in [-0.15, -0.1) is 0 Å². The van der Waals surface area contributed by atoms with E-state index in [1.807, 2.05) is 18.2 Å². The van der Waals surface area contributed by atoms with E-state index in [9.17, 15) is 14.7 Å². The molecule has 2 aliphatic heterocycles. The topological polar surface area (TPSA) is 88.5 Å². The molecule has 8 heteroatoms. The normalized spacial score (nSPS) is 22.5. The first-order chi connectivity index (χ1) is 17.0. The van der Waals surface area contributed by atoms with Crippen molar-refractivity contribution >= 4 is 17.4 Å². The number of hydrogen-bond acceptors (Lipinski definition) is 7. The molecule has 5 rings (SSSR count). The molecule has 0 spiro atoms. The Kier molecular flexibility index (Phi) is 6.49. The highest BCUT2D eigenvalue weighted by molar-refractivity contribution is 6.46. The van der Waals surface area contributed by atoms with Crippen LogP contribution in [0.4, 0.5) is 0 Å². The quantitative estimate of drug-likeness (QED) is 0.372. The number of carbonyl (C=O) groups excluding carboxylic acids is 2. The molecule has 1 saturated carbocycles. The monoisotopic (exact) mass is 478 g/mol. The highest BCUT2D eigenvalue weighted by atomic mass is 16.5. The van der Waals surface area contributed by atoms with Gasteiger partial charge in [-0.25, -0.2) is 0 Å². The molecule has 0 aromatic heterocycles. The van der Waals surface area contributed by atoms with Crippen LogP contribution in [0.5, 0.6) is 11.5 Å². The van der Waals surface area contributed by atoms with E-state index in [0.717, 1.165) is 42.8 Å². The van der Waals surface area contributed by atoms with Crippen molar-refractivity contribution in [1.82, 2.24) is 9.80 Å². The van der Waals surface area contributed by atoms with E-state index in [4.69, 9.17) is 14.2 Å². The SMILES string of the molecule is COc1ccc(C(O)=C2C(=O)C(=O)N(C3CC3)C2c2ccc(OC)c(CN3CCOCC3)c2)cc1. The summed E-state index contributed by atoms with van der Waals surface area (Å²) in [6.45, 7) is 3.69. The third-order valence-electron chi connectivity index (χ3n) is 6.90. The first kappa shape index (κ1) is 23.4. The number of morpholine rings is 1. The molecule has 1 atom stereocenters. The Balaban J connectivity index is 1.58. The molecule has 3 aliphatic rings. The molecule has 2 saturated heterocycles. The van der Waals surface area contributed by atoms with Gasteiger partial charge in [-0.2, -0.15) is 0 Å². The van der Waals surface area contributed by atoms with E-state index >= 15 is 0 Å². The van der Waals surface area contributed by atoms with Gasteiger partial charge in [0.2, 0.25) is 0 Å². The number of ether oxygens (including phenoxy) is 3. The summed E-state index contributed by atoms with van der Waals surface area (Å²) in [5.74, 6) is 0.00165. The van der Waals surface area contributed by atoms with Crippen molar-refractivity contribution in [2.75, 3.05) is 40.5 Å². The molecule has 0 bridgehead atoms. The average molecular weight is 479 g/mol. The van der Waals surface area contributed by atoms with E-state index in [1.54, 1.807) is 43.4 Å². The predicted molar refractivity (Wildman–Crippen MR) is 129 cm³/mol. The number of aliphatic hydroxyl groups is 1. The number of Topliss-reactive ketones (excluding diaryl/α,β-unsaturated/α-hetero) is 1. The number of amides is 1. The zero-order valence-electron chi connectivity index (χ0n) is 20.0. The van der Waals surface area contributed by atoms with Crippen molar-refractivity contribution < 1.29 is 28.9 Å². The number of ketones is 1. The summed E-state index contributed by atoms with van der Waals surface area (Å²) in [5, 5.41) is 11.2. The van der Waals surface area contributed by atoms with Gasteiger partial charge in [0.05, 0.1) is 39.0 Å². The van der Waals surface area contributed by atoms with Gasteiger partial charge in [-0.1, -0.05) is 6.07 Å². The maximum atomic E-state index is 13.2. The Morgan fingerprint density at radius 1 is 1.03 bits per heavy atom. The van der Waals surface area contributed by atoms with Gasteiger partial charge in [0, 0.05) is 36.8 Å². The Morgan fingerprint density at radius 2 is 1.74 bits per heavy atom. The van der Waals surface area contributed by atoms with Crippen LogP contribution in [0.25, 0.3) is 5.76 Å².